The van der Waals surface area contributed by atoms with Crippen LogP contribution in [0.25, 0.3) is 0 Å². The van der Waals surface area contributed by atoms with Crippen LogP contribution in [-0.2, 0) is 19.0 Å². The Hall–Kier alpha value is -0.730. The van der Waals surface area contributed by atoms with Gasteiger partial charge in [-0.3, -0.25) is 4.79 Å². The molecule has 0 aliphatic carbocycles. The molecule has 0 radical (unpaired) electrons. The second-order valence-electron chi connectivity index (χ2n) is 7.46. The number of esters is 1. The molecule has 142 valence electrons. The van der Waals surface area contributed by atoms with Crippen molar-refractivity contribution in [2.24, 2.45) is 0 Å². The lowest BCUT2D eigenvalue weighted by molar-refractivity contribution is -0.303. The number of ether oxygens (including phenoxy) is 3. The minimum Gasteiger partial charge on any atom is -0.460 e. The fraction of sp³-hybridized carbons (Fsp3) is 0.941. The van der Waals surface area contributed by atoms with Crippen LogP contribution in [0.4, 0.5) is 0 Å². The highest BCUT2D eigenvalue weighted by Crippen LogP contribution is 2.23. The van der Waals surface area contributed by atoms with Crippen molar-refractivity contribution < 1.29 is 34.3 Å². The van der Waals surface area contributed by atoms with Gasteiger partial charge in [-0.05, 0) is 47.5 Å². The maximum atomic E-state index is 11.6. The quantitative estimate of drug-likeness (QED) is 0.468. The average Bonchev–Trinajstić information content (AvgIpc) is 2.45. The Balaban J connectivity index is 2.27. The highest BCUT2D eigenvalue weighted by atomic mass is 16.7. The van der Waals surface area contributed by atoms with Crippen molar-refractivity contribution >= 4 is 5.97 Å². The summed E-state index contributed by atoms with van der Waals surface area (Å²) in [6, 6.07) is 0. The van der Waals surface area contributed by atoms with Crippen LogP contribution in [0.5, 0.6) is 0 Å². The Morgan fingerprint density at radius 1 is 1.12 bits per heavy atom. The molecule has 3 N–H and O–H groups in total. The van der Waals surface area contributed by atoms with Gasteiger partial charge in [0.05, 0.1) is 12.2 Å². The lowest BCUT2D eigenvalue weighted by Gasteiger charge is -2.39. The Morgan fingerprint density at radius 3 is 2.33 bits per heavy atom. The van der Waals surface area contributed by atoms with Crippen molar-refractivity contribution in [1.82, 2.24) is 0 Å². The summed E-state index contributed by atoms with van der Waals surface area (Å²) < 4.78 is 16.3. The molecule has 1 aliphatic heterocycles. The van der Waals surface area contributed by atoms with Crippen molar-refractivity contribution in [2.75, 3.05) is 0 Å². The third-order valence-electron chi connectivity index (χ3n) is 3.84. The second kappa shape index (κ2) is 9.10. The van der Waals surface area contributed by atoms with Gasteiger partial charge in [0.2, 0.25) is 0 Å². The van der Waals surface area contributed by atoms with Gasteiger partial charge in [-0.2, -0.15) is 0 Å². The number of rotatable bonds is 7. The molecule has 6 atom stereocenters. The zero-order valence-corrected chi connectivity index (χ0v) is 15.3. The monoisotopic (exact) mass is 348 g/mol. The first kappa shape index (κ1) is 21.3. The summed E-state index contributed by atoms with van der Waals surface area (Å²) in [5.74, 6) is -0.215. The van der Waals surface area contributed by atoms with Gasteiger partial charge < -0.3 is 29.5 Å². The van der Waals surface area contributed by atoms with Crippen LogP contribution in [0, 0.1) is 0 Å². The SMILES string of the molecule is CC(CCCCC(=O)OC(C)(C)C)OC1OC(C)C(O)C(O)C1O. The molecule has 0 aromatic heterocycles. The molecule has 1 saturated heterocycles. The van der Waals surface area contributed by atoms with Crippen LogP contribution >= 0.6 is 0 Å². The molecule has 1 heterocycles. The summed E-state index contributed by atoms with van der Waals surface area (Å²) in [5, 5.41) is 29.3. The summed E-state index contributed by atoms with van der Waals surface area (Å²) in [6.07, 6.45) is -3.03. The van der Waals surface area contributed by atoms with E-state index >= 15 is 0 Å². The molecule has 0 spiro atoms. The minimum atomic E-state index is -1.29. The molecule has 0 saturated carbocycles. The number of aliphatic hydroxyl groups excluding tert-OH is 3. The number of unbranched alkanes of at least 4 members (excludes halogenated alkanes) is 1. The van der Waals surface area contributed by atoms with Gasteiger partial charge in [0.15, 0.2) is 6.29 Å². The molecular weight excluding hydrogens is 316 g/mol. The zero-order chi connectivity index (χ0) is 18.5. The minimum absolute atomic E-state index is 0.210. The molecule has 1 aliphatic rings. The van der Waals surface area contributed by atoms with Gasteiger partial charge in [-0.25, -0.2) is 0 Å². The Labute approximate surface area is 143 Å². The molecule has 6 unspecified atom stereocenters. The molecule has 7 heteroatoms. The number of carbonyl (C=O) groups is 1. The smallest absolute Gasteiger partial charge is 0.306 e. The first-order valence-electron chi connectivity index (χ1n) is 8.58. The molecule has 7 nitrogen and oxygen atoms in total. The first-order chi connectivity index (χ1) is 11.0. The predicted octanol–water partition coefficient (Wildman–Crippen LogP) is 1.12. The van der Waals surface area contributed by atoms with Crippen molar-refractivity contribution in [1.29, 1.82) is 0 Å². The molecule has 0 bridgehead atoms. The van der Waals surface area contributed by atoms with Crippen LogP contribution < -0.4 is 0 Å². The zero-order valence-electron chi connectivity index (χ0n) is 15.3. The van der Waals surface area contributed by atoms with Gasteiger partial charge in [0.1, 0.15) is 23.9 Å². The highest BCUT2D eigenvalue weighted by Gasteiger charge is 2.42. The van der Waals surface area contributed by atoms with E-state index in [1.54, 1.807) is 6.92 Å². The maximum Gasteiger partial charge on any atom is 0.306 e. The van der Waals surface area contributed by atoms with E-state index in [-0.39, 0.29) is 12.1 Å². The van der Waals surface area contributed by atoms with Crippen LogP contribution in [0.15, 0.2) is 0 Å². The van der Waals surface area contributed by atoms with Crippen molar-refractivity contribution in [2.45, 2.75) is 103 Å². The highest BCUT2D eigenvalue weighted by molar-refractivity contribution is 5.69. The van der Waals surface area contributed by atoms with E-state index in [1.165, 1.54) is 0 Å². The number of hydrogen-bond acceptors (Lipinski definition) is 7. The normalized spacial score (nSPS) is 32.4. The lowest BCUT2D eigenvalue weighted by Crippen LogP contribution is -2.57. The van der Waals surface area contributed by atoms with E-state index in [0.29, 0.717) is 19.3 Å². The van der Waals surface area contributed by atoms with Crippen molar-refractivity contribution in [3.05, 3.63) is 0 Å². The summed E-state index contributed by atoms with van der Waals surface area (Å²) in [7, 11) is 0. The molecule has 0 aromatic rings. The Morgan fingerprint density at radius 2 is 1.75 bits per heavy atom. The summed E-state index contributed by atoms with van der Waals surface area (Å²) >= 11 is 0. The van der Waals surface area contributed by atoms with Crippen molar-refractivity contribution in [3.8, 4) is 0 Å². The maximum absolute atomic E-state index is 11.6. The van der Waals surface area contributed by atoms with Crippen molar-refractivity contribution in [3.63, 3.8) is 0 Å². The fourth-order valence-corrected chi connectivity index (χ4v) is 2.52. The second-order valence-corrected chi connectivity index (χ2v) is 7.46. The summed E-state index contributed by atoms with van der Waals surface area (Å²) in [6.45, 7) is 8.96. The van der Waals surface area contributed by atoms with E-state index in [2.05, 4.69) is 0 Å². The van der Waals surface area contributed by atoms with E-state index in [9.17, 15) is 20.1 Å². The Kier molecular flexibility index (Phi) is 8.08. The van der Waals surface area contributed by atoms with Gasteiger partial charge >= 0.3 is 5.97 Å². The third-order valence-corrected chi connectivity index (χ3v) is 3.84. The number of aliphatic hydroxyl groups is 3. The Bertz CT molecular complexity index is 393. The molecule has 0 aromatic carbocycles. The lowest BCUT2D eigenvalue weighted by atomic mass is 10.00. The largest absolute Gasteiger partial charge is 0.460 e. The average molecular weight is 348 g/mol. The molecule has 1 rings (SSSR count). The number of hydrogen-bond donors (Lipinski definition) is 3. The van der Waals surface area contributed by atoms with Gasteiger partial charge in [-0.15, -0.1) is 0 Å². The van der Waals surface area contributed by atoms with Crippen LogP contribution in [-0.4, -0.2) is 63.7 Å². The molecule has 1 fully saturated rings. The summed E-state index contributed by atoms with van der Waals surface area (Å²) in [5.41, 5.74) is -0.468. The van der Waals surface area contributed by atoms with Gasteiger partial charge in [0.25, 0.3) is 0 Å². The van der Waals surface area contributed by atoms with Crippen LogP contribution in [0.1, 0.15) is 60.3 Å². The van der Waals surface area contributed by atoms with Gasteiger partial charge in [-0.1, -0.05) is 6.42 Å². The fourth-order valence-electron chi connectivity index (χ4n) is 2.52. The van der Waals surface area contributed by atoms with Crippen LogP contribution in [0.2, 0.25) is 0 Å². The third kappa shape index (κ3) is 7.03. The topological polar surface area (TPSA) is 105 Å². The van der Waals surface area contributed by atoms with E-state index < -0.39 is 36.3 Å². The molecule has 24 heavy (non-hydrogen) atoms. The number of carbonyl (C=O) groups excluding carboxylic acids is 1. The van der Waals surface area contributed by atoms with Crippen LogP contribution in [0.3, 0.4) is 0 Å². The standard InChI is InChI=1S/C17H32O7/c1-10(8-6-7-9-12(18)24-17(3,4)5)22-16-15(21)14(20)13(19)11(2)23-16/h10-11,13-16,19-21H,6-9H2,1-5H3. The predicted molar refractivity (Wildman–Crippen MR) is 87.2 cm³/mol. The summed E-state index contributed by atoms with van der Waals surface area (Å²) in [4.78, 5) is 11.6. The van der Waals surface area contributed by atoms with E-state index in [0.717, 1.165) is 6.42 Å². The van der Waals surface area contributed by atoms with E-state index in [4.69, 9.17) is 14.2 Å². The molecular formula is C17H32O7. The van der Waals surface area contributed by atoms with Gasteiger partial charge in [0, 0.05) is 6.42 Å². The first-order valence-corrected chi connectivity index (χ1v) is 8.58. The molecule has 0 amide bonds. The van der Waals surface area contributed by atoms with E-state index in [1.807, 2.05) is 27.7 Å².